The van der Waals surface area contributed by atoms with Crippen molar-refractivity contribution in [1.29, 1.82) is 0 Å². The van der Waals surface area contributed by atoms with Crippen LogP contribution in [0.3, 0.4) is 0 Å². The monoisotopic (exact) mass is 222 g/mol. The summed E-state index contributed by atoms with van der Waals surface area (Å²) in [5, 5.41) is 9.12. The topological polar surface area (TPSA) is 73.4 Å². The highest BCUT2D eigenvalue weighted by Crippen LogP contribution is 2.18. The van der Waals surface area contributed by atoms with Gasteiger partial charge >= 0.3 is 0 Å². The van der Waals surface area contributed by atoms with Crippen molar-refractivity contribution in [1.82, 2.24) is 9.88 Å². The zero-order valence-electron chi connectivity index (χ0n) is 8.85. The molecule has 0 radical (unpaired) electrons. The number of rotatable bonds is 2. The van der Waals surface area contributed by atoms with Gasteiger partial charge in [0.1, 0.15) is 5.69 Å². The standard InChI is InChI=1S/C11H14N2O3/c14-7-8-3-2-6-13(8)11(16)9-4-1-5-10(15)12-9/h1,4-5,8,14H,2-3,6-7H2,(H,12,15)/t8-/m1/s1. The fraction of sp³-hybridized carbons (Fsp3) is 0.455. The number of aliphatic hydroxyl groups excluding tert-OH is 1. The lowest BCUT2D eigenvalue weighted by Gasteiger charge is -2.22. The predicted molar refractivity (Wildman–Crippen MR) is 58.2 cm³/mol. The fourth-order valence-corrected chi connectivity index (χ4v) is 2.02. The maximum absolute atomic E-state index is 12.0. The number of aromatic amines is 1. The van der Waals surface area contributed by atoms with E-state index >= 15 is 0 Å². The molecule has 1 fully saturated rings. The van der Waals surface area contributed by atoms with Crippen LogP contribution in [0.1, 0.15) is 23.3 Å². The van der Waals surface area contributed by atoms with Crippen LogP contribution in [-0.4, -0.2) is 40.1 Å². The molecule has 5 heteroatoms. The number of nitrogens with zero attached hydrogens (tertiary/aromatic N) is 1. The molecular weight excluding hydrogens is 208 g/mol. The Morgan fingerprint density at radius 1 is 1.56 bits per heavy atom. The van der Waals surface area contributed by atoms with Gasteiger partial charge in [-0.25, -0.2) is 0 Å². The van der Waals surface area contributed by atoms with E-state index in [9.17, 15) is 9.59 Å². The van der Waals surface area contributed by atoms with Gasteiger partial charge in [-0.2, -0.15) is 0 Å². The van der Waals surface area contributed by atoms with Crippen molar-refractivity contribution in [2.24, 2.45) is 0 Å². The summed E-state index contributed by atoms with van der Waals surface area (Å²) in [7, 11) is 0. The van der Waals surface area contributed by atoms with Crippen molar-refractivity contribution in [2.75, 3.05) is 13.2 Å². The molecule has 16 heavy (non-hydrogen) atoms. The second-order valence-electron chi connectivity index (χ2n) is 3.91. The maximum Gasteiger partial charge on any atom is 0.270 e. The summed E-state index contributed by atoms with van der Waals surface area (Å²) in [5.74, 6) is -0.214. The number of aromatic nitrogens is 1. The van der Waals surface area contributed by atoms with E-state index in [1.54, 1.807) is 17.0 Å². The molecule has 0 bridgehead atoms. The normalized spacial score (nSPS) is 20.1. The van der Waals surface area contributed by atoms with Crippen LogP contribution in [0.2, 0.25) is 0 Å². The van der Waals surface area contributed by atoms with E-state index in [1.807, 2.05) is 0 Å². The second-order valence-corrected chi connectivity index (χ2v) is 3.91. The van der Waals surface area contributed by atoms with Crippen LogP contribution in [-0.2, 0) is 0 Å². The van der Waals surface area contributed by atoms with Gasteiger partial charge in [-0.05, 0) is 18.9 Å². The zero-order valence-corrected chi connectivity index (χ0v) is 8.85. The first kappa shape index (κ1) is 10.9. The molecule has 1 aliphatic heterocycles. The lowest BCUT2D eigenvalue weighted by molar-refractivity contribution is 0.0671. The minimum absolute atomic E-state index is 0.0250. The predicted octanol–water partition coefficient (Wildman–Crippen LogP) is -0.0282. The van der Waals surface area contributed by atoms with Crippen LogP contribution in [0, 0.1) is 0 Å². The largest absolute Gasteiger partial charge is 0.394 e. The average Bonchev–Trinajstić information content (AvgIpc) is 2.76. The van der Waals surface area contributed by atoms with Gasteiger partial charge in [0.2, 0.25) is 5.56 Å². The van der Waals surface area contributed by atoms with E-state index in [2.05, 4.69) is 4.98 Å². The molecule has 1 saturated heterocycles. The van der Waals surface area contributed by atoms with Crippen LogP contribution in [0.25, 0.3) is 0 Å². The molecule has 1 aromatic heterocycles. The lowest BCUT2D eigenvalue weighted by Crippen LogP contribution is -2.38. The number of aliphatic hydroxyl groups is 1. The van der Waals surface area contributed by atoms with E-state index in [1.165, 1.54) is 6.07 Å². The molecule has 1 atom stereocenters. The first-order valence-electron chi connectivity index (χ1n) is 5.33. The Hall–Kier alpha value is -1.62. The number of pyridine rings is 1. The molecule has 1 amide bonds. The summed E-state index contributed by atoms with van der Waals surface area (Å²) in [6.07, 6.45) is 1.72. The Kier molecular flexibility index (Phi) is 3.05. The third-order valence-corrected chi connectivity index (χ3v) is 2.85. The summed E-state index contributed by atoms with van der Waals surface area (Å²) in [4.78, 5) is 27.2. The molecule has 2 N–H and O–H groups in total. The summed E-state index contributed by atoms with van der Waals surface area (Å²) in [5.41, 5.74) is -0.00144. The SMILES string of the molecule is O=C(c1cccc(=O)[nH]1)N1CCC[C@@H]1CO. The molecule has 0 saturated carbocycles. The molecule has 5 nitrogen and oxygen atoms in total. The molecule has 2 rings (SSSR count). The number of H-pyrrole nitrogens is 1. The van der Waals surface area contributed by atoms with Gasteiger partial charge in [-0.15, -0.1) is 0 Å². The van der Waals surface area contributed by atoms with Gasteiger partial charge in [0.25, 0.3) is 5.91 Å². The third kappa shape index (κ3) is 1.99. The van der Waals surface area contributed by atoms with E-state index in [-0.39, 0.29) is 29.8 Å². The maximum atomic E-state index is 12.0. The Morgan fingerprint density at radius 2 is 2.38 bits per heavy atom. The minimum atomic E-state index is -0.286. The molecule has 86 valence electrons. The number of hydrogen-bond donors (Lipinski definition) is 2. The molecule has 1 aromatic rings. The number of carbonyl (C=O) groups is 1. The Balaban J connectivity index is 2.22. The van der Waals surface area contributed by atoms with E-state index in [0.717, 1.165) is 12.8 Å². The van der Waals surface area contributed by atoms with Gasteiger partial charge in [-0.3, -0.25) is 9.59 Å². The highest BCUT2D eigenvalue weighted by atomic mass is 16.3. The number of carbonyl (C=O) groups excluding carboxylic acids is 1. The summed E-state index contributed by atoms with van der Waals surface area (Å²) >= 11 is 0. The Morgan fingerprint density at radius 3 is 3.06 bits per heavy atom. The molecule has 1 aliphatic rings. The van der Waals surface area contributed by atoms with Gasteiger partial charge in [-0.1, -0.05) is 6.07 Å². The van der Waals surface area contributed by atoms with E-state index < -0.39 is 0 Å². The first-order chi connectivity index (χ1) is 7.72. The first-order valence-corrected chi connectivity index (χ1v) is 5.33. The Labute approximate surface area is 92.7 Å². The number of nitrogens with one attached hydrogen (secondary N) is 1. The number of likely N-dealkylation sites (tertiary alicyclic amines) is 1. The molecule has 2 heterocycles. The second kappa shape index (κ2) is 4.49. The van der Waals surface area contributed by atoms with Crippen molar-refractivity contribution >= 4 is 5.91 Å². The zero-order chi connectivity index (χ0) is 11.5. The van der Waals surface area contributed by atoms with Gasteiger partial charge in [0.15, 0.2) is 0 Å². The van der Waals surface area contributed by atoms with Crippen LogP contribution in [0.4, 0.5) is 0 Å². The van der Waals surface area contributed by atoms with E-state index in [4.69, 9.17) is 5.11 Å². The average molecular weight is 222 g/mol. The highest BCUT2D eigenvalue weighted by molar-refractivity contribution is 5.92. The fourth-order valence-electron chi connectivity index (χ4n) is 2.02. The van der Waals surface area contributed by atoms with E-state index in [0.29, 0.717) is 6.54 Å². The minimum Gasteiger partial charge on any atom is -0.394 e. The van der Waals surface area contributed by atoms with Gasteiger partial charge < -0.3 is 15.0 Å². The lowest BCUT2D eigenvalue weighted by atomic mass is 10.2. The molecular formula is C11H14N2O3. The quantitative estimate of drug-likeness (QED) is 0.738. The highest BCUT2D eigenvalue weighted by Gasteiger charge is 2.28. The van der Waals surface area contributed by atoms with Crippen molar-refractivity contribution in [3.05, 3.63) is 34.2 Å². The molecule has 0 aliphatic carbocycles. The molecule has 0 unspecified atom stereocenters. The van der Waals surface area contributed by atoms with Crippen LogP contribution < -0.4 is 5.56 Å². The van der Waals surface area contributed by atoms with Gasteiger partial charge in [0, 0.05) is 12.6 Å². The molecule has 0 aromatic carbocycles. The summed E-state index contributed by atoms with van der Waals surface area (Å²) < 4.78 is 0. The smallest absolute Gasteiger partial charge is 0.270 e. The number of hydrogen-bond acceptors (Lipinski definition) is 3. The van der Waals surface area contributed by atoms with Crippen LogP contribution >= 0.6 is 0 Å². The van der Waals surface area contributed by atoms with Crippen LogP contribution in [0.15, 0.2) is 23.0 Å². The van der Waals surface area contributed by atoms with Crippen molar-refractivity contribution in [3.63, 3.8) is 0 Å². The van der Waals surface area contributed by atoms with Crippen molar-refractivity contribution < 1.29 is 9.90 Å². The summed E-state index contributed by atoms with van der Waals surface area (Å²) in [6.45, 7) is 0.615. The van der Waals surface area contributed by atoms with Gasteiger partial charge in [0.05, 0.1) is 12.6 Å². The third-order valence-electron chi connectivity index (χ3n) is 2.85. The number of amides is 1. The van der Waals surface area contributed by atoms with Crippen LogP contribution in [0.5, 0.6) is 0 Å². The van der Waals surface area contributed by atoms with Crippen molar-refractivity contribution in [2.45, 2.75) is 18.9 Å². The molecule has 0 spiro atoms. The summed E-state index contributed by atoms with van der Waals surface area (Å²) in [6, 6.07) is 4.38. The Bertz CT molecular complexity index is 441. The van der Waals surface area contributed by atoms with Crippen molar-refractivity contribution in [3.8, 4) is 0 Å².